The first-order valence-corrected chi connectivity index (χ1v) is 5.91. The number of hydrogen-bond donors (Lipinski definition) is 2. The number of hydrogen-bond acceptors (Lipinski definition) is 3. The van der Waals surface area contributed by atoms with Crippen molar-refractivity contribution < 1.29 is 28.2 Å². The molecule has 0 aliphatic carbocycles. The first-order valence-electron chi connectivity index (χ1n) is 5.54. The molecule has 0 spiro atoms. The molecule has 1 aromatic rings. The van der Waals surface area contributed by atoms with Gasteiger partial charge in [-0.25, -0.2) is 13.6 Å². The summed E-state index contributed by atoms with van der Waals surface area (Å²) in [7, 11) is 1.38. The Morgan fingerprint density at radius 1 is 1.40 bits per heavy atom. The molecule has 5 nitrogen and oxygen atoms in total. The number of methoxy groups -OCH3 is 1. The van der Waals surface area contributed by atoms with E-state index >= 15 is 0 Å². The topological polar surface area (TPSA) is 75.6 Å². The Kier molecular flexibility index (Phi) is 5.84. The summed E-state index contributed by atoms with van der Waals surface area (Å²) < 4.78 is 30.7. The molecule has 1 atom stereocenters. The molecule has 0 radical (unpaired) electrons. The van der Waals surface area contributed by atoms with Crippen LogP contribution in [0.4, 0.5) is 8.78 Å². The molecular formula is C12H12ClF2NO4. The maximum absolute atomic E-state index is 13.1. The first kappa shape index (κ1) is 16.3. The molecule has 0 saturated carbocycles. The lowest BCUT2D eigenvalue weighted by molar-refractivity contribution is -0.139. The third-order valence-electron chi connectivity index (χ3n) is 2.47. The van der Waals surface area contributed by atoms with Crippen molar-refractivity contribution in [3.05, 3.63) is 34.4 Å². The number of aliphatic carboxylic acids is 1. The molecule has 8 heteroatoms. The molecular weight excluding hydrogens is 296 g/mol. The number of halogens is 3. The van der Waals surface area contributed by atoms with Crippen molar-refractivity contribution in [2.45, 2.75) is 12.5 Å². The molecule has 1 rings (SSSR count). The van der Waals surface area contributed by atoms with E-state index in [1.54, 1.807) is 0 Å². The number of carboxylic acids is 1. The number of carbonyl (C=O) groups is 2. The Balaban J connectivity index is 2.89. The van der Waals surface area contributed by atoms with Crippen LogP contribution in [0.3, 0.4) is 0 Å². The first-order chi connectivity index (χ1) is 9.36. The number of rotatable bonds is 6. The third-order valence-corrected chi connectivity index (χ3v) is 2.78. The molecule has 20 heavy (non-hydrogen) atoms. The maximum atomic E-state index is 13.1. The monoisotopic (exact) mass is 307 g/mol. The summed E-state index contributed by atoms with van der Waals surface area (Å²) in [4.78, 5) is 22.8. The van der Waals surface area contributed by atoms with Crippen LogP contribution in [0.5, 0.6) is 0 Å². The lowest BCUT2D eigenvalue weighted by Crippen LogP contribution is -2.41. The van der Waals surface area contributed by atoms with Crippen molar-refractivity contribution in [3.63, 3.8) is 0 Å². The number of benzene rings is 1. The van der Waals surface area contributed by atoms with E-state index in [2.05, 4.69) is 5.32 Å². The molecule has 0 saturated heterocycles. The lowest BCUT2D eigenvalue weighted by atomic mass is 10.1. The van der Waals surface area contributed by atoms with E-state index in [0.29, 0.717) is 12.1 Å². The van der Waals surface area contributed by atoms with Crippen molar-refractivity contribution in [1.29, 1.82) is 0 Å². The van der Waals surface area contributed by atoms with Crippen LogP contribution in [0, 0.1) is 11.6 Å². The van der Waals surface area contributed by atoms with Crippen LogP contribution in [0.15, 0.2) is 12.1 Å². The van der Waals surface area contributed by atoms with Crippen LogP contribution in [0.1, 0.15) is 16.8 Å². The van der Waals surface area contributed by atoms with Crippen LogP contribution in [0.25, 0.3) is 0 Å². The highest BCUT2D eigenvalue weighted by atomic mass is 35.5. The Morgan fingerprint density at radius 2 is 2.00 bits per heavy atom. The Bertz CT molecular complexity index is 524. The van der Waals surface area contributed by atoms with Crippen molar-refractivity contribution in [2.24, 2.45) is 0 Å². The molecule has 0 aromatic heterocycles. The van der Waals surface area contributed by atoms with Gasteiger partial charge in [0.1, 0.15) is 6.04 Å². The fourth-order valence-corrected chi connectivity index (χ4v) is 1.66. The number of carboxylic acid groups (broad SMARTS) is 1. The third kappa shape index (κ3) is 4.14. The molecule has 0 fully saturated rings. The molecule has 1 amide bonds. The maximum Gasteiger partial charge on any atom is 0.326 e. The van der Waals surface area contributed by atoms with Gasteiger partial charge in [-0.3, -0.25) is 4.79 Å². The smallest absolute Gasteiger partial charge is 0.326 e. The van der Waals surface area contributed by atoms with Gasteiger partial charge in [-0.2, -0.15) is 0 Å². The second kappa shape index (κ2) is 7.16. The summed E-state index contributed by atoms with van der Waals surface area (Å²) in [6.07, 6.45) is 0.0267. The van der Waals surface area contributed by atoms with Gasteiger partial charge in [0.25, 0.3) is 5.91 Å². The molecule has 0 aliphatic heterocycles. The van der Waals surface area contributed by atoms with Gasteiger partial charge in [-0.1, -0.05) is 11.6 Å². The molecule has 0 aliphatic rings. The Morgan fingerprint density at radius 3 is 2.55 bits per heavy atom. The Labute approximate surface area is 118 Å². The van der Waals surface area contributed by atoms with Gasteiger partial charge < -0.3 is 15.2 Å². The summed E-state index contributed by atoms with van der Waals surface area (Å²) in [5.74, 6) is -4.62. The second-order valence-corrected chi connectivity index (χ2v) is 4.30. The van der Waals surface area contributed by atoms with E-state index in [1.165, 1.54) is 7.11 Å². The lowest BCUT2D eigenvalue weighted by Gasteiger charge is -2.14. The normalized spacial score (nSPS) is 12.0. The van der Waals surface area contributed by atoms with E-state index in [0.717, 1.165) is 0 Å². The largest absolute Gasteiger partial charge is 0.480 e. The molecule has 1 unspecified atom stereocenters. The minimum Gasteiger partial charge on any atom is -0.480 e. The predicted octanol–water partition coefficient (Wildman–Crippen LogP) is 1.84. The minimum absolute atomic E-state index is 0.0267. The van der Waals surface area contributed by atoms with Gasteiger partial charge in [0.05, 0.1) is 10.6 Å². The number of carbonyl (C=O) groups excluding carboxylic acids is 1. The van der Waals surface area contributed by atoms with Crippen LogP contribution in [-0.4, -0.2) is 36.7 Å². The highest BCUT2D eigenvalue weighted by Gasteiger charge is 2.22. The number of nitrogens with one attached hydrogen (secondary N) is 1. The van der Waals surface area contributed by atoms with Crippen molar-refractivity contribution in [2.75, 3.05) is 13.7 Å². The minimum atomic E-state index is -1.27. The molecule has 0 heterocycles. The summed E-state index contributed by atoms with van der Waals surface area (Å²) in [6.45, 7) is 0.114. The highest BCUT2D eigenvalue weighted by molar-refractivity contribution is 6.33. The van der Waals surface area contributed by atoms with E-state index in [-0.39, 0.29) is 23.6 Å². The fourth-order valence-electron chi connectivity index (χ4n) is 1.43. The quantitative estimate of drug-likeness (QED) is 0.786. The zero-order valence-electron chi connectivity index (χ0n) is 10.5. The van der Waals surface area contributed by atoms with Gasteiger partial charge >= 0.3 is 5.97 Å². The van der Waals surface area contributed by atoms with Crippen LogP contribution in [0.2, 0.25) is 5.02 Å². The van der Waals surface area contributed by atoms with E-state index in [1.807, 2.05) is 0 Å². The zero-order chi connectivity index (χ0) is 15.3. The zero-order valence-corrected chi connectivity index (χ0v) is 11.2. The van der Waals surface area contributed by atoms with Crippen molar-refractivity contribution >= 4 is 23.5 Å². The Hall–Kier alpha value is -1.73. The number of amides is 1. The molecule has 0 bridgehead atoms. The molecule has 2 N–H and O–H groups in total. The molecule has 110 valence electrons. The van der Waals surface area contributed by atoms with Gasteiger partial charge in [-0.05, 0) is 12.1 Å². The average molecular weight is 308 g/mol. The van der Waals surface area contributed by atoms with Crippen LogP contribution in [-0.2, 0) is 9.53 Å². The van der Waals surface area contributed by atoms with Gasteiger partial charge in [0, 0.05) is 20.1 Å². The summed E-state index contributed by atoms with van der Waals surface area (Å²) >= 11 is 5.62. The van der Waals surface area contributed by atoms with Crippen LogP contribution >= 0.6 is 11.6 Å². The van der Waals surface area contributed by atoms with Crippen LogP contribution < -0.4 is 5.32 Å². The van der Waals surface area contributed by atoms with Crippen molar-refractivity contribution in [3.8, 4) is 0 Å². The van der Waals surface area contributed by atoms with Gasteiger partial charge in [-0.15, -0.1) is 0 Å². The second-order valence-electron chi connectivity index (χ2n) is 3.89. The number of ether oxygens (including phenoxy) is 1. The summed E-state index contributed by atoms with van der Waals surface area (Å²) in [6, 6.07) is 0.0468. The summed E-state index contributed by atoms with van der Waals surface area (Å²) in [5.41, 5.74) is -0.339. The standard InChI is InChI=1S/C12H12ClF2NO4/c1-20-3-2-10(12(18)19)16-11(17)6-4-8(14)9(15)5-7(6)13/h4-5,10H,2-3H2,1H3,(H,16,17)(H,18,19). The predicted molar refractivity (Wildman–Crippen MR) is 66.8 cm³/mol. The fraction of sp³-hybridized carbons (Fsp3) is 0.333. The van der Waals surface area contributed by atoms with Crippen molar-refractivity contribution in [1.82, 2.24) is 5.32 Å². The van der Waals surface area contributed by atoms with Gasteiger partial charge in [0.2, 0.25) is 0 Å². The van der Waals surface area contributed by atoms with E-state index in [4.69, 9.17) is 21.4 Å². The van der Waals surface area contributed by atoms with E-state index < -0.39 is 29.6 Å². The SMILES string of the molecule is COCCC(NC(=O)c1cc(F)c(F)cc1Cl)C(=O)O. The van der Waals surface area contributed by atoms with Gasteiger partial charge in [0.15, 0.2) is 11.6 Å². The average Bonchev–Trinajstić information content (AvgIpc) is 2.38. The highest BCUT2D eigenvalue weighted by Crippen LogP contribution is 2.20. The molecule has 1 aromatic carbocycles. The van der Waals surface area contributed by atoms with E-state index in [9.17, 15) is 18.4 Å². The summed E-state index contributed by atoms with van der Waals surface area (Å²) in [5, 5.41) is 10.8.